The van der Waals surface area contributed by atoms with Gasteiger partial charge in [0.2, 0.25) is 5.88 Å². The number of nitrogens with one attached hydrogen (secondary N) is 1. The SMILES string of the molecule is COc1nc(Nc2cc(-c3ccc(O[C@H]4CCN(C(=O)OC(C)(C)C)C[C@H]4F)c(C#N)c3)ncn2)ccc1N1CCN(C)CC1. The molecule has 3 aromatic rings. The van der Waals surface area contributed by atoms with Crippen LogP contribution in [0.4, 0.5) is 26.5 Å². The Balaban J connectivity index is 1.25. The van der Waals surface area contributed by atoms with Gasteiger partial charge in [-0.15, -0.1) is 0 Å². The Morgan fingerprint density at radius 1 is 1.07 bits per heavy atom. The first-order valence-electron chi connectivity index (χ1n) is 14.9. The zero-order valence-corrected chi connectivity index (χ0v) is 26.3. The number of alkyl halides is 1. The Kier molecular flexibility index (Phi) is 9.53. The maximum atomic E-state index is 15.1. The highest BCUT2D eigenvalue weighted by atomic mass is 19.1. The summed E-state index contributed by atoms with van der Waals surface area (Å²) in [5.41, 5.74) is 1.76. The number of rotatable bonds is 7. The number of piperazine rings is 1. The minimum atomic E-state index is -1.43. The van der Waals surface area contributed by atoms with E-state index in [9.17, 15) is 10.1 Å². The topological polar surface area (TPSA) is 129 Å². The number of benzene rings is 1. The molecule has 2 aromatic heterocycles. The van der Waals surface area contributed by atoms with Crippen molar-refractivity contribution in [1.29, 1.82) is 5.26 Å². The number of methoxy groups -OCH3 is 1. The predicted molar refractivity (Wildman–Crippen MR) is 168 cm³/mol. The molecular formula is C32H39FN8O4. The zero-order chi connectivity index (χ0) is 32.1. The lowest BCUT2D eigenvalue weighted by Crippen LogP contribution is -2.50. The minimum absolute atomic E-state index is 0.143. The average molecular weight is 619 g/mol. The first kappa shape index (κ1) is 31.7. The third-order valence-electron chi connectivity index (χ3n) is 7.61. The fourth-order valence-corrected chi connectivity index (χ4v) is 5.21. The van der Waals surface area contributed by atoms with Crippen LogP contribution in [0.3, 0.4) is 0 Å². The van der Waals surface area contributed by atoms with Crippen LogP contribution >= 0.6 is 0 Å². The van der Waals surface area contributed by atoms with Gasteiger partial charge < -0.3 is 34.2 Å². The molecule has 0 radical (unpaired) electrons. The molecule has 2 aliphatic rings. The number of halogens is 1. The Bertz CT molecular complexity index is 1550. The van der Waals surface area contributed by atoms with Crippen LogP contribution in [0.2, 0.25) is 0 Å². The maximum absolute atomic E-state index is 15.1. The molecular weight excluding hydrogens is 579 g/mol. The third-order valence-corrected chi connectivity index (χ3v) is 7.61. The van der Waals surface area contributed by atoms with Gasteiger partial charge >= 0.3 is 6.09 Å². The molecule has 45 heavy (non-hydrogen) atoms. The van der Waals surface area contributed by atoms with Crippen molar-refractivity contribution in [2.24, 2.45) is 0 Å². The van der Waals surface area contributed by atoms with Crippen LogP contribution in [0.25, 0.3) is 11.3 Å². The maximum Gasteiger partial charge on any atom is 0.410 e. The second kappa shape index (κ2) is 13.5. The van der Waals surface area contributed by atoms with Crippen molar-refractivity contribution in [3.05, 3.63) is 48.3 Å². The normalized spacial score (nSPS) is 19.0. The molecule has 238 valence electrons. The number of likely N-dealkylation sites (tertiary alicyclic amines) is 1. The fourth-order valence-electron chi connectivity index (χ4n) is 5.21. The molecule has 4 heterocycles. The predicted octanol–water partition coefficient (Wildman–Crippen LogP) is 4.64. The first-order chi connectivity index (χ1) is 21.5. The largest absolute Gasteiger partial charge is 0.486 e. The van der Waals surface area contributed by atoms with Crippen LogP contribution in [0, 0.1) is 11.3 Å². The number of piperidine rings is 1. The molecule has 0 aliphatic carbocycles. The number of carbonyl (C=O) groups excluding carboxylic acids is 1. The molecule has 5 rings (SSSR count). The molecule has 2 fully saturated rings. The quantitative estimate of drug-likeness (QED) is 0.398. The lowest BCUT2D eigenvalue weighted by Gasteiger charge is -2.35. The van der Waals surface area contributed by atoms with Gasteiger partial charge in [0.1, 0.15) is 47.2 Å². The Hall–Kier alpha value is -4.70. The molecule has 1 aromatic carbocycles. The van der Waals surface area contributed by atoms with Crippen molar-refractivity contribution in [3.8, 4) is 29.0 Å². The van der Waals surface area contributed by atoms with Gasteiger partial charge in [-0.25, -0.2) is 19.2 Å². The number of aromatic nitrogens is 3. The van der Waals surface area contributed by atoms with Gasteiger partial charge in [0.25, 0.3) is 0 Å². The van der Waals surface area contributed by atoms with E-state index in [-0.39, 0.29) is 30.8 Å². The highest BCUT2D eigenvalue weighted by Gasteiger charge is 2.35. The summed E-state index contributed by atoms with van der Waals surface area (Å²) in [6, 6.07) is 12.8. The van der Waals surface area contributed by atoms with E-state index in [1.807, 2.05) is 12.1 Å². The number of likely N-dealkylation sites (N-methyl/N-ethyl adjacent to an activating group) is 1. The summed E-state index contributed by atoms with van der Waals surface area (Å²) >= 11 is 0. The number of nitriles is 1. The summed E-state index contributed by atoms with van der Waals surface area (Å²) in [5, 5.41) is 13.1. The second-order valence-corrected chi connectivity index (χ2v) is 12.1. The molecule has 0 unspecified atom stereocenters. The number of hydrogen-bond donors (Lipinski definition) is 1. The number of carbonyl (C=O) groups is 1. The van der Waals surface area contributed by atoms with Crippen LogP contribution in [-0.2, 0) is 4.74 Å². The van der Waals surface area contributed by atoms with Crippen LogP contribution in [0.15, 0.2) is 42.7 Å². The van der Waals surface area contributed by atoms with Gasteiger partial charge in [-0.2, -0.15) is 10.2 Å². The second-order valence-electron chi connectivity index (χ2n) is 12.1. The number of pyridine rings is 1. The smallest absolute Gasteiger partial charge is 0.410 e. The van der Waals surface area contributed by atoms with Crippen molar-refractivity contribution < 1.29 is 23.4 Å². The van der Waals surface area contributed by atoms with Gasteiger partial charge in [0.05, 0.1) is 24.9 Å². The van der Waals surface area contributed by atoms with Gasteiger partial charge in [0.15, 0.2) is 6.17 Å². The van der Waals surface area contributed by atoms with Gasteiger partial charge in [0, 0.05) is 50.8 Å². The van der Waals surface area contributed by atoms with Crippen LogP contribution in [0.5, 0.6) is 11.6 Å². The van der Waals surface area contributed by atoms with Crippen molar-refractivity contribution in [2.45, 2.75) is 45.1 Å². The summed E-state index contributed by atoms with van der Waals surface area (Å²) in [6.07, 6.45) is -1.10. The van der Waals surface area contributed by atoms with E-state index >= 15 is 4.39 Å². The Morgan fingerprint density at radius 2 is 1.84 bits per heavy atom. The highest BCUT2D eigenvalue weighted by molar-refractivity contribution is 5.69. The number of amides is 1. The summed E-state index contributed by atoms with van der Waals surface area (Å²) < 4.78 is 32.0. The third kappa shape index (κ3) is 7.88. The van der Waals surface area contributed by atoms with Crippen molar-refractivity contribution >= 4 is 23.4 Å². The molecule has 0 saturated carbocycles. The fraction of sp³-hybridized carbons (Fsp3) is 0.469. The molecule has 0 spiro atoms. The molecule has 2 aliphatic heterocycles. The summed E-state index contributed by atoms with van der Waals surface area (Å²) in [6.45, 7) is 9.18. The van der Waals surface area contributed by atoms with Crippen molar-refractivity contribution in [2.75, 3.05) is 63.6 Å². The summed E-state index contributed by atoms with van der Waals surface area (Å²) in [7, 11) is 3.72. The van der Waals surface area contributed by atoms with Crippen molar-refractivity contribution in [1.82, 2.24) is 24.8 Å². The number of hydrogen-bond acceptors (Lipinski definition) is 11. The van der Waals surface area contributed by atoms with Crippen molar-refractivity contribution in [3.63, 3.8) is 0 Å². The first-order valence-corrected chi connectivity index (χ1v) is 14.9. The highest BCUT2D eigenvalue weighted by Crippen LogP contribution is 2.32. The molecule has 1 N–H and O–H groups in total. The standard InChI is InChI=1S/C32H39FN8O4/c1-32(2,3)45-31(42)41-11-10-27(23(33)19-41)44-26-8-6-21(16-22(26)18-34)24-17-29(36-20-35-24)37-28-9-7-25(30(38-28)43-5)40-14-12-39(4)13-15-40/h6-9,16-17,20,23,27H,10-15,19H2,1-5H3,(H,35,36,37,38)/t23-,27+/m1/s1. The molecule has 1 amide bonds. The van der Waals surface area contributed by atoms with E-state index in [1.165, 1.54) is 11.2 Å². The average Bonchev–Trinajstić information content (AvgIpc) is 3.02. The van der Waals surface area contributed by atoms with E-state index in [1.54, 1.807) is 52.1 Å². The monoisotopic (exact) mass is 618 g/mol. The van der Waals surface area contributed by atoms with E-state index in [0.29, 0.717) is 28.8 Å². The lowest BCUT2D eigenvalue weighted by molar-refractivity contribution is -0.0106. The minimum Gasteiger partial charge on any atom is -0.486 e. The van der Waals surface area contributed by atoms with Gasteiger partial charge in [-0.05, 0) is 58.2 Å². The summed E-state index contributed by atoms with van der Waals surface area (Å²) in [5.74, 6) is 1.87. The number of nitrogens with zero attached hydrogens (tertiary/aromatic N) is 7. The van der Waals surface area contributed by atoms with Gasteiger partial charge in [-0.3, -0.25) is 0 Å². The van der Waals surface area contributed by atoms with E-state index in [2.05, 4.69) is 43.2 Å². The van der Waals surface area contributed by atoms with E-state index in [4.69, 9.17) is 14.2 Å². The summed E-state index contributed by atoms with van der Waals surface area (Å²) in [4.78, 5) is 31.6. The lowest BCUT2D eigenvalue weighted by atomic mass is 10.0. The van der Waals surface area contributed by atoms with Crippen LogP contribution in [-0.4, -0.2) is 102 Å². The molecule has 13 heteroatoms. The number of ether oxygens (including phenoxy) is 3. The number of anilines is 3. The van der Waals surface area contributed by atoms with E-state index in [0.717, 1.165) is 31.9 Å². The molecule has 2 atom stereocenters. The Labute approximate surface area is 262 Å². The van der Waals surface area contributed by atoms with Gasteiger partial charge in [-0.1, -0.05) is 0 Å². The van der Waals surface area contributed by atoms with Crippen LogP contribution in [0.1, 0.15) is 32.8 Å². The van der Waals surface area contributed by atoms with Crippen LogP contribution < -0.4 is 19.7 Å². The Morgan fingerprint density at radius 3 is 2.53 bits per heavy atom. The van der Waals surface area contributed by atoms with E-state index < -0.39 is 24.0 Å². The molecule has 2 saturated heterocycles. The molecule has 0 bridgehead atoms. The zero-order valence-electron chi connectivity index (χ0n) is 26.3. The molecule has 12 nitrogen and oxygen atoms in total.